The first-order valence-electron chi connectivity index (χ1n) is 30.4. The summed E-state index contributed by atoms with van der Waals surface area (Å²) in [4.78, 5) is 0. The Morgan fingerprint density at radius 3 is 1.33 bits per heavy atom. The Balaban J connectivity index is 0.747. The molecule has 0 aromatic heterocycles. The van der Waals surface area contributed by atoms with E-state index in [9.17, 15) is 0 Å². The molecule has 14 aliphatic rings. The first-order chi connectivity index (χ1) is 36.6. The Labute approximate surface area is 445 Å². The summed E-state index contributed by atoms with van der Waals surface area (Å²) < 4.78 is 93.5. The van der Waals surface area contributed by atoms with Gasteiger partial charge in [0.1, 0.15) is 45.8 Å². The van der Waals surface area contributed by atoms with Gasteiger partial charge in [-0.05, 0) is 112 Å². The van der Waals surface area contributed by atoms with E-state index < -0.39 is 56.8 Å². The predicted octanol–water partition coefficient (Wildman–Crippen LogP) is 11.6. The summed E-state index contributed by atoms with van der Waals surface area (Å²) in [6.45, 7) is 8.72. The van der Waals surface area contributed by atoms with Crippen LogP contribution in [0.5, 0.6) is 0 Å². The van der Waals surface area contributed by atoms with Crippen LogP contribution in [0.2, 0.25) is 0 Å². The van der Waals surface area contributed by atoms with Gasteiger partial charge in [-0.25, -0.2) is 0 Å². The Kier molecular flexibility index (Phi) is 13.1. The van der Waals surface area contributed by atoms with Crippen LogP contribution in [0, 0.1) is 0 Å². The Bertz CT molecular complexity index is 2210. The van der Waals surface area contributed by atoms with Gasteiger partial charge in [0.2, 0.25) is 0 Å². The molecule has 14 aliphatic heterocycles. The summed E-state index contributed by atoms with van der Waals surface area (Å²) >= 11 is 0. The van der Waals surface area contributed by atoms with Crippen molar-refractivity contribution in [2.24, 2.45) is 0 Å². The minimum atomic E-state index is -1.24. The lowest BCUT2D eigenvalue weighted by Gasteiger charge is -2.56. The quantitative estimate of drug-likeness (QED) is 0.149. The highest BCUT2D eigenvalue weighted by Gasteiger charge is 2.80. The van der Waals surface area contributed by atoms with Crippen LogP contribution in [0.15, 0.2) is 48.5 Å². The van der Waals surface area contributed by atoms with E-state index in [1.165, 1.54) is 36.8 Å². The molecule has 412 valence electrons. The van der Waals surface area contributed by atoms with E-state index in [1.54, 1.807) is 0 Å². The fourth-order valence-corrected chi connectivity index (χ4v) is 17.7. The number of hydrogen-bond acceptors (Lipinski definition) is 13. The minimum Gasteiger partial charge on any atom is -0.372 e. The van der Waals surface area contributed by atoms with Gasteiger partial charge in [0.15, 0.2) is 0 Å². The second-order valence-electron chi connectivity index (χ2n) is 25.4. The smallest absolute Gasteiger partial charge is 0.311 e. The van der Waals surface area contributed by atoms with Crippen LogP contribution in [0.3, 0.4) is 0 Å². The maximum atomic E-state index is 7.86. The molecule has 0 N–H and O–H groups in total. The van der Waals surface area contributed by atoms with Gasteiger partial charge in [-0.1, -0.05) is 114 Å². The van der Waals surface area contributed by atoms with Crippen molar-refractivity contribution in [3.05, 3.63) is 70.8 Å². The maximum Gasteiger partial charge on any atom is 0.311 e. The lowest BCUT2D eigenvalue weighted by atomic mass is 9.62. The van der Waals surface area contributed by atoms with Crippen LogP contribution in [0.1, 0.15) is 203 Å². The maximum absolute atomic E-state index is 7.86. The third-order valence-corrected chi connectivity index (χ3v) is 21.5. The van der Waals surface area contributed by atoms with Gasteiger partial charge in [-0.2, -0.15) is 0 Å². The molecule has 6 spiro atoms. The highest BCUT2D eigenvalue weighted by Crippen LogP contribution is 2.70. The van der Waals surface area contributed by atoms with Crippen molar-refractivity contribution in [3.63, 3.8) is 0 Å². The largest absolute Gasteiger partial charge is 0.372 e. The molecule has 14 bridgehead atoms. The number of ether oxygens (including phenoxy) is 13. The van der Waals surface area contributed by atoms with Crippen LogP contribution >= 0.6 is 0 Å². The summed E-state index contributed by atoms with van der Waals surface area (Å²) in [5.74, 6) is -2.48. The zero-order chi connectivity index (χ0) is 50.5. The molecule has 0 radical (unpaired) electrons. The van der Waals surface area contributed by atoms with E-state index in [-0.39, 0.29) is 24.4 Å². The summed E-state index contributed by atoms with van der Waals surface area (Å²) in [5.41, 5.74) is -0.494. The molecule has 14 atom stereocenters. The van der Waals surface area contributed by atoms with Crippen molar-refractivity contribution in [2.45, 2.75) is 275 Å². The Morgan fingerprint density at radius 1 is 0.440 bits per heavy atom. The van der Waals surface area contributed by atoms with Crippen molar-refractivity contribution in [3.8, 4) is 0 Å². The van der Waals surface area contributed by atoms with Gasteiger partial charge in [0.25, 0.3) is 0 Å². The van der Waals surface area contributed by atoms with E-state index in [4.69, 9.17) is 61.6 Å². The van der Waals surface area contributed by atoms with Crippen LogP contribution in [0.4, 0.5) is 0 Å². The van der Waals surface area contributed by atoms with Crippen molar-refractivity contribution >= 4 is 0 Å². The molecule has 14 saturated heterocycles. The average molecular weight is 1040 g/mol. The first kappa shape index (κ1) is 51.1. The normalized spacial score (nSPS) is 46.2. The Morgan fingerprint density at radius 2 is 0.880 bits per heavy atom. The summed E-state index contributed by atoms with van der Waals surface area (Å²) in [7, 11) is 0. The molecular formula is C62H86O13. The van der Waals surface area contributed by atoms with Crippen LogP contribution in [0.25, 0.3) is 0 Å². The molecule has 0 amide bonds. The third-order valence-electron chi connectivity index (χ3n) is 21.5. The van der Waals surface area contributed by atoms with Crippen LogP contribution in [-0.2, 0) is 86.0 Å². The van der Waals surface area contributed by atoms with E-state index in [2.05, 4.69) is 62.4 Å². The summed E-state index contributed by atoms with van der Waals surface area (Å²) in [5, 5.41) is 0. The minimum absolute atomic E-state index is 0.0585. The molecule has 75 heavy (non-hydrogen) atoms. The van der Waals surface area contributed by atoms with Gasteiger partial charge in [0.05, 0.1) is 76.3 Å². The second kappa shape index (κ2) is 19.3. The zero-order valence-electron chi connectivity index (χ0n) is 45.3. The van der Waals surface area contributed by atoms with Crippen molar-refractivity contribution in [1.82, 2.24) is 0 Å². The summed E-state index contributed by atoms with van der Waals surface area (Å²) in [6.07, 6.45) is 23.4. The molecule has 14 heterocycles. The van der Waals surface area contributed by atoms with E-state index in [1.807, 2.05) is 0 Å². The number of hydrogen-bond donors (Lipinski definition) is 0. The van der Waals surface area contributed by atoms with Crippen molar-refractivity contribution in [2.75, 3.05) is 39.6 Å². The topological polar surface area (TPSA) is 120 Å². The molecule has 16 rings (SSSR count). The molecular weight excluding hydrogens is 953 g/mol. The van der Waals surface area contributed by atoms with Gasteiger partial charge >= 0.3 is 11.9 Å². The van der Waals surface area contributed by atoms with Crippen molar-refractivity contribution in [1.29, 1.82) is 0 Å². The fourth-order valence-electron chi connectivity index (χ4n) is 17.7. The SMILES string of the molecule is CCCCCCC12CC3OCCC45CCOC3(OCCC3CCC1(O3)C(c1ccc(COCc3ccc(C67CCC8(CCOC9CC%10(CCCCCC)OC9(OCCC9CCC%106O9)OCC8)O7)cc3)cc1)(CC4)O5)O2. The van der Waals surface area contributed by atoms with Gasteiger partial charge in [0, 0.05) is 25.7 Å². The van der Waals surface area contributed by atoms with Crippen LogP contribution in [-0.4, -0.2) is 110 Å². The lowest BCUT2D eigenvalue weighted by Crippen LogP contribution is -2.67. The van der Waals surface area contributed by atoms with Gasteiger partial charge in [-0.15, -0.1) is 0 Å². The number of fused-ring (bicyclic) bond motifs is 10. The van der Waals surface area contributed by atoms with Crippen molar-refractivity contribution < 1.29 is 61.6 Å². The molecule has 13 nitrogen and oxygen atoms in total. The van der Waals surface area contributed by atoms with Crippen LogP contribution < -0.4 is 0 Å². The van der Waals surface area contributed by atoms with E-state index in [0.29, 0.717) is 65.7 Å². The number of unbranched alkanes of at least 4 members (excludes halogenated alkanes) is 6. The average Bonchev–Trinajstić information content (AvgIpc) is 4.36. The standard InChI is InChI=1S/C62H86O13/c1-3-5-7-9-23-55-41-51-61(74-55)66-35-21-49-19-25-59(55,70-49)57(29-27-53(72-57,31-37-64-51)33-39-68-61)47-15-11-45(12-16-47)43-63-44-46-13-17-48(18-14-46)58-30-28-54(73-58)32-38-65-52-42-56(24-10-8-6-4-2)60(58)26-20-50(71-60)22-36-67-62(52,75-56)69-40-34-54/h11-18,49-52H,3-10,19-44H2,1-2H3. The highest BCUT2D eigenvalue weighted by atomic mass is 16.9. The molecule has 0 aliphatic carbocycles. The third kappa shape index (κ3) is 7.83. The van der Waals surface area contributed by atoms with Gasteiger partial charge in [-0.3, -0.25) is 0 Å². The molecule has 13 heteroatoms. The number of rotatable bonds is 16. The molecule has 14 unspecified atom stereocenters. The molecule has 2 aromatic rings. The Hall–Kier alpha value is -2.08. The predicted molar refractivity (Wildman–Crippen MR) is 275 cm³/mol. The summed E-state index contributed by atoms with van der Waals surface area (Å²) in [6, 6.07) is 18.3. The fraction of sp³-hybridized carbons (Fsp3) is 0.806. The highest BCUT2D eigenvalue weighted by molar-refractivity contribution is 5.39. The van der Waals surface area contributed by atoms with E-state index >= 15 is 0 Å². The van der Waals surface area contributed by atoms with E-state index in [0.717, 1.165) is 140 Å². The first-order valence-corrected chi connectivity index (χ1v) is 30.4. The molecule has 0 saturated carbocycles. The lowest BCUT2D eigenvalue weighted by molar-refractivity contribution is -0.425. The monoisotopic (exact) mass is 1040 g/mol. The molecule has 2 aromatic carbocycles. The van der Waals surface area contributed by atoms with Gasteiger partial charge < -0.3 is 61.6 Å². The second-order valence-corrected chi connectivity index (χ2v) is 25.4. The zero-order valence-corrected chi connectivity index (χ0v) is 45.3. The number of benzene rings is 2. The molecule has 14 fully saturated rings.